The molecule has 1 aromatic rings. The van der Waals surface area contributed by atoms with Gasteiger partial charge in [0, 0.05) is 30.9 Å². The first-order valence-corrected chi connectivity index (χ1v) is 9.24. The molecule has 2 saturated heterocycles. The maximum absolute atomic E-state index is 12.3. The molecular weight excluding hydrogens is 312 g/mol. The van der Waals surface area contributed by atoms with E-state index in [1.807, 2.05) is 11.0 Å². The third-order valence-corrected chi connectivity index (χ3v) is 6.01. The lowest BCUT2D eigenvalue weighted by molar-refractivity contribution is -0.145. The van der Waals surface area contributed by atoms with Gasteiger partial charge in [-0.25, -0.2) is 0 Å². The van der Waals surface area contributed by atoms with E-state index in [4.69, 9.17) is 0 Å². The van der Waals surface area contributed by atoms with Crippen molar-refractivity contribution in [2.75, 3.05) is 19.6 Å². The summed E-state index contributed by atoms with van der Waals surface area (Å²) in [5, 5.41) is 14.7. The van der Waals surface area contributed by atoms with Crippen molar-refractivity contribution in [2.24, 2.45) is 5.41 Å². The molecular formula is C17H24N2O3S. The summed E-state index contributed by atoms with van der Waals surface area (Å²) >= 11 is 1.73. The van der Waals surface area contributed by atoms with E-state index in [1.165, 1.54) is 4.88 Å². The van der Waals surface area contributed by atoms with E-state index >= 15 is 0 Å². The van der Waals surface area contributed by atoms with Crippen LogP contribution in [0.3, 0.4) is 0 Å². The molecule has 2 fully saturated rings. The zero-order valence-corrected chi connectivity index (χ0v) is 14.1. The van der Waals surface area contributed by atoms with Crippen molar-refractivity contribution in [3.63, 3.8) is 0 Å². The fourth-order valence-electron chi connectivity index (χ4n) is 3.66. The number of thiophene rings is 1. The fraction of sp³-hybridized carbons (Fsp3) is 0.647. The van der Waals surface area contributed by atoms with E-state index < -0.39 is 11.5 Å². The van der Waals surface area contributed by atoms with E-state index in [0.29, 0.717) is 45.3 Å². The molecule has 2 amide bonds. The summed E-state index contributed by atoms with van der Waals surface area (Å²) in [4.78, 5) is 27.7. The van der Waals surface area contributed by atoms with Gasteiger partial charge in [0.25, 0.3) is 0 Å². The van der Waals surface area contributed by atoms with Gasteiger partial charge < -0.3 is 15.3 Å². The van der Waals surface area contributed by atoms with Gasteiger partial charge in [0.15, 0.2) is 0 Å². The second-order valence-corrected chi connectivity index (χ2v) is 7.69. The van der Waals surface area contributed by atoms with Gasteiger partial charge in [0.05, 0.1) is 11.5 Å². The second kappa shape index (κ2) is 7.01. The molecule has 0 saturated carbocycles. The number of β-amino-alcohol motifs (C(OH)–C–C–N with tert-alkyl or cyclic N) is 1. The Morgan fingerprint density at radius 2 is 2.22 bits per heavy atom. The molecule has 0 aromatic carbocycles. The lowest BCUT2D eigenvalue weighted by atomic mass is 9.71. The van der Waals surface area contributed by atoms with Crippen LogP contribution in [0, 0.1) is 5.41 Å². The average molecular weight is 336 g/mol. The molecule has 2 N–H and O–H groups in total. The molecule has 3 rings (SSSR count). The predicted octanol–water partition coefficient (Wildman–Crippen LogP) is 1.56. The highest BCUT2D eigenvalue weighted by Gasteiger charge is 2.45. The molecule has 1 unspecified atom stereocenters. The van der Waals surface area contributed by atoms with E-state index in [9.17, 15) is 14.7 Å². The van der Waals surface area contributed by atoms with Crippen LogP contribution in [0.15, 0.2) is 17.5 Å². The van der Waals surface area contributed by atoms with Gasteiger partial charge in [-0.05, 0) is 43.6 Å². The van der Waals surface area contributed by atoms with Gasteiger partial charge >= 0.3 is 0 Å². The Hall–Kier alpha value is -1.40. The Labute approximate surface area is 140 Å². The molecule has 6 heteroatoms. The first-order chi connectivity index (χ1) is 11.1. The van der Waals surface area contributed by atoms with Crippen molar-refractivity contribution >= 4 is 23.2 Å². The number of hydrogen-bond donors (Lipinski definition) is 2. The van der Waals surface area contributed by atoms with Gasteiger partial charge in [-0.3, -0.25) is 9.59 Å². The minimum atomic E-state index is -0.467. The standard InChI is InChI=1S/C17H24N2O3S/c20-13-11-17(16(22)18-12-13)6-8-19(9-7-17)15(21)5-1-3-14-4-2-10-23-14/h2,4,10,13,20H,1,3,5-9,11-12H2,(H,18,22). The van der Waals surface area contributed by atoms with Gasteiger partial charge in [-0.2, -0.15) is 0 Å². The number of aliphatic hydroxyl groups is 1. The van der Waals surface area contributed by atoms with Crippen LogP contribution in [0.4, 0.5) is 0 Å². The molecule has 0 radical (unpaired) electrons. The van der Waals surface area contributed by atoms with E-state index in [2.05, 4.69) is 16.8 Å². The second-order valence-electron chi connectivity index (χ2n) is 6.66. The first-order valence-electron chi connectivity index (χ1n) is 8.36. The van der Waals surface area contributed by atoms with Gasteiger partial charge in [-0.1, -0.05) is 6.07 Å². The van der Waals surface area contributed by atoms with Crippen molar-refractivity contribution in [1.82, 2.24) is 10.2 Å². The van der Waals surface area contributed by atoms with Crippen molar-refractivity contribution in [2.45, 2.75) is 44.6 Å². The number of nitrogens with zero attached hydrogens (tertiary/aromatic N) is 1. The summed E-state index contributed by atoms with van der Waals surface area (Å²) < 4.78 is 0. The zero-order valence-electron chi connectivity index (χ0n) is 13.3. The van der Waals surface area contributed by atoms with Crippen molar-refractivity contribution in [3.8, 4) is 0 Å². The van der Waals surface area contributed by atoms with Gasteiger partial charge in [0.2, 0.25) is 11.8 Å². The van der Waals surface area contributed by atoms with Crippen molar-refractivity contribution < 1.29 is 14.7 Å². The number of carbonyl (C=O) groups is 2. The van der Waals surface area contributed by atoms with Crippen molar-refractivity contribution in [1.29, 1.82) is 0 Å². The summed E-state index contributed by atoms with van der Waals surface area (Å²) in [6.45, 7) is 1.60. The van der Waals surface area contributed by atoms with Crippen LogP contribution in [-0.4, -0.2) is 47.6 Å². The number of carbonyl (C=O) groups excluding carboxylic acids is 2. The molecule has 5 nitrogen and oxygen atoms in total. The SMILES string of the molecule is O=C(CCCc1cccs1)N1CCC2(CC1)CC(O)CNC2=O. The molecule has 23 heavy (non-hydrogen) atoms. The zero-order chi connectivity index (χ0) is 16.3. The number of hydrogen-bond acceptors (Lipinski definition) is 4. The average Bonchev–Trinajstić information content (AvgIpc) is 3.05. The molecule has 1 aromatic heterocycles. The maximum Gasteiger partial charge on any atom is 0.226 e. The van der Waals surface area contributed by atoms with Crippen LogP contribution < -0.4 is 5.32 Å². The van der Waals surface area contributed by atoms with Crippen LogP contribution in [0.2, 0.25) is 0 Å². The van der Waals surface area contributed by atoms with E-state index in [0.717, 1.165) is 12.8 Å². The lowest BCUT2D eigenvalue weighted by Gasteiger charge is -2.44. The minimum Gasteiger partial charge on any atom is -0.391 e. The number of aryl methyl sites for hydroxylation is 1. The van der Waals surface area contributed by atoms with Gasteiger partial charge in [-0.15, -0.1) is 11.3 Å². The highest BCUT2D eigenvalue weighted by molar-refractivity contribution is 7.09. The number of likely N-dealkylation sites (tertiary alicyclic amines) is 1. The highest BCUT2D eigenvalue weighted by atomic mass is 32.1. The Morgan fingerprint density at radius 1 is 1.43 bits per heavy atom. The smallest absolute Gasteiger partial charge is 0.226 e. The third kappa shape index (κ3) is 3.75. The van der Waals surface area contributed by atoms with Crippen LogP contribution >= 0.6 is 11.3 Å². The van der Waals surface area contributed by atoms with Crippen LogP contribution in [0.5, 0.6) is 0 Å². The summed E-state index contributed by atoms with van der Waals surface area (Å²) in [5.74, 6) is 0.237. The van der Waals surface area contributed by atoms with Gasteiger partial charge in [0.1, 0.15) is 0 Å². The molecule has 0 bridgehead atoms. The third-order valence-electron chi connectivity index (χ3n) is 5.07. The minimum absolute atomic E-state index is 0.0487. The maximum atomic E-state index is 12.3. The summed E-state index contributed by atoms with van der Waals surface area (Å²) in [5.41, 5.74) is -0.467. The monoisotopic (exact) mass is 336 g/mol. The number of rotatable bonds is 4. The highest BCUT2D eigenvalue weighted by Crippen LogP contribution is 2.38. The fourth-order valence-corrected chi connectivity index (χ4v) is 4.41. The quantitative estimate of drug-likeness (QED) is 0.877. The number of amides is 2. The lowest BCUT2D eigenvalue weighted by Crippen LogP contribution is -2.56. The topological polar surface area (TPSA) is 69.6 Å². The molecule has 0 aliphatic carbocycles. The normalized spacial score (nSPS) is 23.8. The molecule has 1 atom stereocenters. The first kappa shape index (κ1) is 16.5. The van der Waals surface area contributed by atoms with Crippen LogP contribution in [-0.2, 0) is 16.0 Å². The molecule has 2 aliphatic heterocycles. The van der Waals surface area contributed by atoms with Crippen molar-refractivity contribution in [3.05, 3.63) is 22.4 Å². The molecule has 1 spiro atoms. The molecule has 2 aliphatic rings. The largest absolute Gasteiger partial charge is 0.391 e. The Morgan fingerprint density at radius 3 is 2.91 bits per heavy atom. The Bertz CT molecular complexity index is 550. The van der Waals surface area contributed by atoms with E-state index in [-0.39, 0.29) is 11.8 Å². The molecule has 3 heterocycles. The number of nitrogens with one attached hydrogen (secondary N) is 1. The summed E-state index contributed by atoms with van der Waals surface area (Å²) in [6.07, 6.45) is 3.79. The summed E-state index contributed by atoms with van der Waals surface area (Å²) in [7, 11) is 0. The van der Waals surface area contributed by atoms with Crippen LogP contribution in [0.1, 0.15) is 37.0 Å². The van der Waals surface area contributed by atoms with E-state index in [1.54, 1.807) is 11.3 Å². The predicted molar refractivity (Wildman–Crippen MR) is 89.1 cm³/mol. The number of aliphatic hydroxyl groups excluding tert-OH is 1. The number of piperidine rings is 2. The van der Waals surface area contributed by atoms with Crippen LogP contribution in [0.25, 0.3) is 0 Å². The Balaban J connectivity index is 1.46. The summed E-state index contributed by atoms with van der Waals surface area (Å²) in [6, 6.07) is 4.14. The Kier molecular flexibility index (Phi) is 5.02. The molecule has 126 valence electrons.